The zero-order valence-corrected chi connectivity index (χ0v) is 16.0. The molecule has 142 valence electrons. The highest BCUT2D eigenvalue weighted by Crippen LogP contribution is 2.30. The quantitative estimate of drug-likeness (QED) is 0.858. The van der Waals surface area contributed by atoms with Crippen molar-refractivity contribution in [3.63, 3.8) is 0 Å². The van der Waals surface area contributed by atoms with Crippen molar-refractivity contribution in [1.29, 1.82) is 0 Å². The Hall–Kier alpha value is -2.39. The van der Waals surface area contributed by atoms with Crippen LogP contribution in [0.25, 0.3) is 0 Å². The van der Waals surface area contributed by atoms with Crippen LogP contribution < -0.4 is 5.32 Å². The fourth-order valence-electron chi connectivity index (χ4n) is 3.70. The van der Waals surface area contributed by atoms with Crippen LogP contribution in [-0.4, -0.2) is 56.2 Å². The molecule has 0 aromatic carbocycles. The van der Waals surface area contributed by atoms with Gasteiger partial charge in [0.15, 0.2) is 5.13 Å². The maximum atomic E-state index is 12.3. The number of amides is 2. The molecule has 2 amide bonds. The second kappa shape index (κ2) is 7.69. The van der Waals surface area contributed by atoms with E-state index in [1.165, 1.54) is 11.3 Å². The summed E-state index contributed by atoms with van der Waals surface area (Å²) >= 11 is 1.41. The Kier molecular flexibility index (Phi) is 5.13. The van der Waals surface area contributed by atoms with Crippen LogP contribution >= 0.6 is 11.3 Å². The van der Waals surface area contributed by atoms with E-state index in [-0.39, 0.29) is 17.9 Å². The summed E-state index contributed by atoms with van der Waals surface area (Å²) in [5.74, 6) is 0.800. The standard InChI is InChI=1S/C18H22N6O2S/c1-12(25)23-7-4-14-13(10-23)9-20-17(21-14)15-3-2-6-24(15)11-16(26)22-18-19-5-8-27-18/h5,8-9,15H,2-4,6-7,10-11H2,1H3,(H,19,22,26)/t15-/m1/s1. The number of aromatic nitrogens is 3. The van der Waals surface area contributed by atoms with Crippen molar-refractivity contribution in [1.82, 2.24) is 24.8 Å². The van der Waals surface area contributed by atoms with Crippen LogP contribution in [0.5, 0.6) is 0 Å². The van der Waals surface area contributed by atoms with Crippen molar-refractivity contribution in [3.8, 4) is 0 Å². The van der Waals surface area contributed by atoms with Gasteiger partial charge in [-0.2, -0.15) is 0 Å². The minimum absolute atomic E-state index is 0.0585. The third-order valence-electron chi connectivity index (χ3n) is 5.08. The Morgan fingerprint density at radius 2 is 2.22 bits per heavy atom. The van der Waals surface area contributed by atoms with E-state index in [1.807, 2.05) is 16.5 Å². The molecule has 0 unspecified atom stereocenters. The highest BCUT2D eigenvalue weighted by atomic mass is 32.1. The zero-order chi connectivity index (χ0) is 18.8. The number of hydrogen-bond acceptors (Lipinski definition) is 7. The number of thiazole rings is 1. The number of carbonyl (C=O) groups is 2. The van der Waals surface area contributed by atoms with Crippen molar-refractivity contribution < 1.29 is 9.59 Å². The molecule has 4 rings (SSSR count). The molecular weight excluding hydrogens is 364 g/mol. The molecule has 1 saturated heterocycles. The van der Waals surface area contributed by atoms with Gasteiger partial charge in [-0.05, 0) is 19.4 Å². The molecule has 0 spiro atoms. The largest absolute Gasteiger partial charge is 0.338 e. The van der Waals surface area contributed by atoms with Crippen LogP contribution in [0.3, 0.4) is 0 Å². The average molecular weight is 386 g/mol. The summed E-state index contributed by atoms with van der Waals surface area (Å²) in [5, 5.41) is 5.29. The first-order valence-corrected chi connectivity index (χ1v) is 10.0. The Morgan fingerprint density at radius 3 is 3.00 bits per heavy atom. The van der Waals surface area contributed by atoms with E-state index >= 15 is 0 Å². The van der Waals surface area contributed by atoms with Crippen LogP contribution in [0.1, 0.15) is 42.9 Å². The molecule has 1 atom stereocenters. The second-order valence-corrected chi connectivity index (χ2v) is 7.80. The van der Waals surface area contributed by atoms with Crippen molar-refractivity contribution in [2.45, 2.75) is 38.8 Å². The number of fused-ring (bicyclic) bond motifs is 1. The van der Waals surface area contributed by atoms with Crippen LogP contribution in [0, 0.1) is 0 Å². The van der Waals surface area contributed by atoms with Crippen LogP contribution in [-0.2, 0) is 22.6 Å². The lowest BCUT2D eigenvalue weighted by Gasteiger charge is -2.28. The van der Waals surface area contributed by atoms with Crippen molar-refractivity contribution in [2.75, 3.05) is 25.0 Å². The van der Waals surface area contributed by atoms with Gasteiger partial charge < -0.3 is 10.2 Å². The predicted octanol–water partition coefficient (Wildman–Crippen LogP) is 1.61. The van der Waals surface area contributed by atoms with E-state index in [0.717, 1.165) is 42.9 Å². The summed E-state index contributed by atoms with van der Waals surface area (Å²) in [6, 6.07) is 0.0585. The lowest BCUT2D eigenvalue weighted by Crippen LogP contribution is -2.36. The van der Waals surface area contributed by atoms with Crippen molar-refractivity contribution in [2.24, 2.45) is 0 Å². The van der Waals surface area contributed by atoms with E-state index in [9.17, 15) is 9.59 Å². The average Bonchev–Trinajstić information content (AvgIpc) is 3.32. The molecule has 1 N–H and O–H groups in total. The van der Waals surface area contributed by atoms with Crippen molar-refractivity contribution >= 4 is 28.3 Å². The molecule has 1 fully saturated rings. The molecule has 0 saturated carbocycles. The Morgan fingerprint density at radius 1 is 1.33 bits per heavy atom. The minimum Gasteiger partial charge on any atom is -0.338 e. The van der Waals surface area contributed by atoms with Gasteiger partial charge in [0.25, 0.3) is 0 Å². The summed E-state index contributed by atoms with van der Waals surface area (Å²) in [6.07, 6.45) is 6.24. The number of nitrogens with zero attached hydrogens (tertiary/aromatic N) is 5. The first-order chi connectivity index (χ1) is 13.1. The lowest BCUT2D eigenvalue weighted by molar-refractivity contribution is -0.129. The number of rotatable bonds is 4. The van der Waals surface area contributed by atoms with Gasteiger partial charge in [-0.15, -0.1) is 11.3 Å². The minimum atomic E-state index is -0.0630. The molecule has 8 nitrogen and oxygen atoms in total. The van der Waals surface area contributed by atoms with Gasteiger partial charge in [0.1, 0.15) is 5.82 Å². The predicted molar refractivity (Wildman–Crippen MR) is 101 cm³/mol. The highest BCUT2D eigenvalue weighted by molar-refractivity contribution is 7.13. The van der Waals surface area contributed by atoms with Crippen LogP contribution in [0.4, 0.5) is 5.13 Å². The molecule has 2 aromatic heterocycles. The van der Waals surface area contributed by atoms with E-state index in [0.29, 0.717) is 24.8 Å². The summed E-state index contributed by atoms with van der Waals surface area (Å²) in [5.41, 5.74) is 2.04. The van der Waals surface area contributed by atoms with Crippen LogP contribution in [0.15, 0.2) is 17.8 Å². The molecule has 0 radical (unpaired) electrons. The first-order valence-electron chi connectivity index (χ1n) is 9.14. The molecule has 2 aliphatic heterocycles. The maximum Gasteiger partial charge on any atom is 0.240 e. The molecule has 2 aromatic rings. The van der Waals surface area contributed by atoms with E-state index in [4.69, 9.17) is 4.98 Å². The maximum absolute atomic E-state index is 12.3. The zero-order valence-electron chi connectivity index (χ0n) is 15.2. The van der Waals surface area contributed by atoms with Gasteiger partial charge >= 0.3 is 0 Å². The van der Waals surface area contributed by atoms with Gasteiger partial charge in [0, 0.05) is 49.8 Å². The summed E-state index contributed by atoms with van der Waals surface area (Å²) in [6.45, 7) is 4.03. The van der Waals surface area contributed by atoms with Gasteiger partial charge in [0.2, 0.25) is 11.8 Å². The molecular formula is C18H22N6O2S. The number of nitrogens with one attached hydrogen (secondary N) is 1. The lowest BCUT2D eigenvalue weighted by atomic mass is 10.1. The summed E-state index contributed by atoms with van der Waals surface area (Å²) < 4.78 is 0. The second-order valence-electron chi connectivity index (χ2n) is 6.90. The molecule has 4 heterocycles. The molecule has 27 heavy (non-hydrogen) atoms. The molecule has 0 aliphatic carbocycles. The van der Waals surface area contributed by atoms with Crippen molar-refractivity contribution in [3.05, 3.63) is 34.9 Å². The number of hydrogen-bond donors (Lipinski definition) is 1. The SMILES string of the molecule is CC(=O)N1CCc2nc([C@H]3CCCN3CC(=O)Nc3nccs3)ncc2C1. The third kappa shape index (κ3) is 3.98. The molecule has 2 aliphatic rings. The highest BCUT2D eigenvalue weighted by Gasteiger charge is 2.31. The normalized spacial score (nSPS) is 19.7. The number of carbonyl (C=O) groups excluding carboxylic acids is 2. The van der Waals surface area contributed by atoms with Gasteiger partial charge in [-0.1, -0.05) is 0 Å². The number of anilines is 1. The summed E-state index contributed by atoms with van der Waals surface area (Å²) in [7, 11) is 0. The molecule has 0 bridgehead atoms. The van der Waals surface area contributed by atoms with E-state index in [2.05, 4.69) is 20.2 Å². The van der Waals surface area contributed by atoms with E-state index in [1.54, 1.807) is 13.1 Å². The Bertz CT molecular complexity index is 840. The third-order valence-corrected chi connectivity index (χ3v) is 5.77. The number of likely N-dealkylation sites (tertiary alicyclic amines) is 1. The van der Waals surface area contributed by atoms with Gasteiger partial charge in [0.05, 0.1) is 18.3 Å². The topological polar surface area (TPSA) is 91.3 Å². The van der Waals surface area contributed by atoms with Gasteiger partial charge in [-0.3, -0.25) is 14.5 Å². The van der Waals surface area contributed by atoms with Crippen LogP contribution in [0.2, 0.25) is 0 Å². The Labute approximate surface area is 161 Å². The fraction of sp³-hybridized carbons (Fsp3) is 0.500. The monoisotopic (exact) mass is 386 g/mol. The fourth-order valence-corrected chi connectivity index (χ4v) is 4.24. The smallest absolute Gasteiger partial charge is 0.240 e. The van der Waals surface area contributed by atoms with E-state index < -0.39 is 0 Å². The van der Waals surface area contributed by atoms with Gasteiger partial charge in [-0.25, -0.2) is 15.0 Å². The molecule has 9 heteroatoms. The first kappa shape index (κ1) is 18.0. The summed E-state index contributed by atoms with van der Waals surface area (Å²) in [4.78, 5) is 41.3. The Balaban J connectivity index is 1.44.